The highest BCUT2D eigenvalue weighted by Crippen LogP contribution is 2.26. The van der Waals surface area contributed by atoms with Gasteiger partial charge in [-0.05, 0) is 22.0 Å². The Hall–Kier alpha value is -0.690. The SMILES string of the molecule is CN(Cc1cc(Br)cs1)c1ncnc(Cl)c1CO. The summed E-state index contributed by atoms with van der Waals surface area (Å²) in [6.07, 6.45) is 1.40. The van der Waals surface area contributed by atoms with Gasteiger partial charge in [-0.2, -0.15) is 0 Å². The number of anilines is 1. The molecule has 7 heteroatoms. The highest BCUT2D eigenvalue weighted by Gasteiger charge is 2.13. The van der Waals surface area contributed by atoms with Crippen LogP contribution >= 0.6 is 38.9 Å². The predicted octanol–water partition coefficient (Wildman–Crippen LogP) is 3.08. The van der Waals surface area contributed by atoms with Crippen LogP contribution in [0.1, 0.15) is 10.4 Å². The fourth-order valence-electron chi connectivity index (χ4n) is 1.59. The molecule has 0 aromatic carbocycles. The third-order valence-electron chi connectivity index (χ3n) is 2.40. The maximum Gasteiger partial charge on any atom is 0.140 e. The van der Waals surface area contributed by atoms with Crippen molar-refractivity contribution in [1.82, 2.24) is 9.97 Å². The van der Waals surface area contributed by atoms with Crippen molar-refractivity contribution in [3.05, 3.63) is 37.8 Å². The molecular weight excluding hydrogens is 338 g/mol. The van der Waals surface area contributed by atoms with Crippen molar-refractivity contribution in [1.29, 1.82) is 0 Å². The van der Waals surface area contributed by atoms with E-state index in [0.29, 0.717) is 23.1 Å². The Morgan fingerprint density at radius 2 is 2.28 bits per heavy atom. The average molecular weight is 349 g/mol. The molecule has 0 bridgehead atoms. The third kappa shape index (κ3) is 3.00. The molecular formula is C11H11BrClN3OS. The van der Waals surface area contributed by atoms with Crippen molar-refractivity contribution in [3.8, 4) is 0 Å². The van der Waals surface area contributed by atoms with Crippen LogP contribution in [0.5, 0.6) is 0 Å². The fraction of sp³-hybridized carbons (Fsp3) is 0.273. The first-order chi connectivity index (χ1) is 8.61. The van der Waals surface area contributed by atoms with Crippen molar-refractivity contribution in [2.45, 2.75) is 13.2 Å². The van der Waals surface area contributed by atoms with Gasteiger partial charge < -0.3 is 10.0 Å². The minimum Gasteiger partial charge on any atom is -0.391 e. The summed E-state index contributed by atoms with van der Waals surface area (Å²) in [5.41, 5.74) is 0.553. The van der Waals surface area contributed by atoms with E-state index in [-0.39, 0.29) is 6.61 Å². The van der Waals surface area contributed by atoms with Crippen molar-refractivity contribution >= 4 is 44.7 Å². The van der Waals surface area contributed by atoms with Crippen LogP contribution < -0.4 is 4.90 Å². The highest BCUT2D eigenvalue weighted by atomic mass is 79.9. The summed E-state index contributed by atoms with van der Waals surface area (Å²) in [7, 11) is 1.91. The molecule has 2 aromatic rings. The normalized spacial score (nSPS) is 10.7. The molecule has 0 amide bonds. The van der Waals surface area contributed by atoms with Gasteiger partial charge in [0.25, 0.3) is 0 Å². The first-order valence-corrected chi connectivity index (χ1v) is 7.21. The van der Waals surface area contributed by atoms with E-state index in [1.54, 1.807) is 11.3 Å². The third-order valence-corrected chi connectivity index (χ3v) is 4.41. The van der Waals surface area contributed by atoms with Crippen LogP contribution in [0.4, 0.5) is 5.82 Å². The maximum absolute atomic E-state index is 9.32. The summed E-state index contributed by atoms with van der Waals surface area (Å²) in [6.45, 7) is 0.532. The van der Waals surface area contributed by atoms with E-state index < -0.39 is 0 Å². The Kier molecular flexibility index (Phi) is 4.55. The van der Waals surface area contributed by atoms with Crippen LogP contribution in [0.15, 0.2) is 22.2 Å². The van der Waals surface area contributed by atoms with Gasteiger partial charge in [0.2, 0.25) is 0 Å². The van der Waals surface area contributed by atoms with Gasteiger partial charge >= 0.3 is 0 Å². The van der Waals surface area contributed by atoms with Gasteiger partial charge in [0.05, 0.1) is 18.7 Å². The molecule has 0 saturated carbocycles. The lowest BCUT2D eigenvalue weighted by Crippen LogP contribution is -2.19. The zero-order valence-corrected chi connectivity index (χ0v) is 12.8. The topological polar surface area (TPSA) is 49.2 Å². The van der Waals surface area contributed by atoms with Crippen molar-refractivity contribution in [3.63, 3.8) is 0 Å². The van der Waals surface area contributed by atoms with Gasteiger partial charge in [0.1, 0.15) is 17.3 Å². The predicted molar refractivity (Wildman–Crippen MR) is 77.1 cm³/mol. The summed E-state index contributed by atoms with van der Waals surface area (Å²) < 4.78 is 1.07. The van der Waals surface area contributed by atoms with Gasteiger partial charge in [-0.25, -0.2) is 9.97 Å². The number of thiophene rings is 1. The Morgan fingerprint density at radius 1 is 1.50 bits per heavy atom. The number of aliphatic hydroxyl groups is 1. The van der Waals surface area contributed by atoms with Gasteiger partial charge in [0.15, 0.2) is 0 Å². The average Bonchev–Trinajstić information content (AvgIpc) is 2.74. The lowest BCUT2D eigenvalue weighted by molar-refractivity contribution is 0.281. The molecule has 0 radical (unpaired) electrons. The molecule has 2 rings (SSSR count). The van der Waals surface area contributed by atoms with Crippen LogP contribution in [0.3, 0.4) is 0 Å². The minimum atomic E-state index is -0.173. The van der Waals surface area contributed by atoms with Gasteiger partial charge in [0, 0.05) is 21.8 Å². The molecule has 0 aliphatic rings. The van der Waals surface area contributed by atoms with E-state index in [1.165, 1.54) is 11.2 Å². The van der Waals surface area contributed by atoms with Crippen LogP contribution in [0, 0.1) is 0 Å². The molecule has 0 aliphatic heterocycles. The van der Waals surface area contributed by atoms with Crippen LogP contribution in [0.2, 0.25) is 5.15 Å². The smallest absolute Gasteiger partial charge is 0.140 e. The molecule has 96 valence electrons. The van der Waals surface area contributed by atoms with Gasteiger partial charge in [-0.15, -0.1) is 11.3 Å². The summed E-state index contributed by atoms with van der Waals surface area (Å²) in [5.74, 6) is 0.655. The Labute approximate surface area is 122 Å². The number of rotatable bonds is 4. The lowest BCUT2D eigenvalue weighted by Gasteiger charge is -2.19. The zero-order valence-electron chi connectivity index (χ0n) is 9.60. The summed E-state index contributed by atoms with van der Waals surface area (Å²) in [4.78, 5) is 11.2. The first kappa shape index (κ1) is 13.7. The number of hydrogen-bond donors (Lipinski definition) is 1. The monoisotopic (exact) mass is 347 g/mol. The van der Waals surface area contributed by atoms with E-state index in [2.05, 4.69) is 32.0 Å². The molecule has 0 aliphatic carbocycles. The van der Waals surface area contributed by atoms with Crippen LogP contribution in [-0.2, 0) is 13.2 Å². The van der Waals surface area contributed by atoms with Crippen LogP contribution in [-0.4, -0.2) is 22.1 Å². The van der Waals surface area contributed by atoms with Crippen molar-refractivity contribution in [2.75, 3.05) is 11.9 Å². The molecule has 2 heterocycles. The molecule has 0 unspecified atom stereocenters. The Morgan fingerprint density at radius 3 is 2.89 bits per heavy atom. The molecule has 0 fully saturated rings. The number of hydrogen-bond acceptors (Lipinski definition) is 5. The summed E-state index contributed by atoms with van der Waals surface area (Å²) in [6, 6.07) is 2.06. The number of aliphatic hydroxyl groups excluding tert-OH is 1. The number of halogens is 2. The van der Waals surface area contributed by atoms with E-state index in [0.717, 1.165) is 4.47 Å². The summed E-state index contributed by atoms with van der Waals surface area (Å²) >= 11 is 11.0. The molecule has 0 spiro atoms. The quantitative estimate of drug-likeness (QED) is 0.863. The minimum absolute atomic E-state index is 0.173. The molecule has 0 atom stereocenters. The Bertz CT molecular complexity index is 549. The second-order valence-electron chi connectivity index (χ2n) is 3.71. The number of aromatic nitrogens is 2. The molecule has 4 nitrogen and oxygen atoms in total. The molecule has 2 aromatic heterocycles. The van der Waals surface area contributed by atoms with Gasteiger partial charge in [-0.1, -0.05) is 11.6 Å². The van der Waals surface area contributed by atoms with E-state index in [4.69, 9.17) is 11.6 Å². The number of nitrogens with zero attached hydrogens (tertiary/aromatic N) is 3. The zero-order chi connectivity index (χ0) is 13.1. The largest absolute Gasteiger partial charge is 0.391 e. The van der Waals surface area contributed by atoms with Crippen LogP contribution in [0.25, 0.3) is 0 Å². The van der Waals surface area contributed by atoms with E-state index in [1.807, 2.05) is 17.3 Å². The van der Waals surface area contributed by atoms with Crippen molar-refractivity contribution in [2.24, 2.45) is 0 Å². The van der Waals surface area contributed by atoms with Gasteiger partial charge in [-0.3, -0.25) is 0 Å². The van der Waals surface area contributed by atoms with E-state index >= 15 is 0 Å². The lowest BCUT2D eigenvalue weighted by atomic mass is 10.3. The fourth-order valence-corrected chi connectivity index (χ4v) is 3.28. The molecule has 18 heavy (non-hydrogen) atoms. The summed E-state index contributed by atoms with van der Waals surface area (Å²) in [5, 5.41) is 11.6. The van der Waals surface area contributed by atoms with E-state index in [9.17, 15) is 5.11 Å². The first-order valence-electron chi connectivity index (χ1n) is 5.16. The standard InChI is InChI=1S/C11H11BrClN3OS/c1-16(3-8-2-7(12)5-18-8)11-9(4-17)10(13)14-6-15-11/h2,5-6,17H,3-4H2,1H3. The highest BCUT2D eigenvalue weighted by molar-refractivity contribution is 9.10. The maximum atomic E-state index is 9.32. The second-order valence-corrected chi connectivity index (χ2v) is 5.98. The molecule has 0 saturated heterocycles. The molecule has 1 N–H and O–H groups in total. The Balaban J connectivity index is 2.23. The second kappa shape index (κ2) is 5.97. The van der Waals surface area contributed by atoms with Crippen molar-refractivity contribution < 1.29 is 5.11 Å².